The SMILES string of the molecule is CCNc1cccc(CC(N)=O)c1. The molecule has 3 heteroatoms. The lowest BCUT2D eigenvalue weighted by Crippen LogP contribution is -2.13. The van der Waals surface area contributed by atoms with Crippen molar-refractivity contribution in [3.63, 3.8) is 0 Å². The Balaban J connectivity index is 2.73. The molecule has 1 amide bonds. The van der Waals surface area contributed by atoms with E-state index in [-0.39, 0.29) is 5.91 Å². The molecule has 0 aromatic heterocycles. The maximum atomic E-state index is 10.6. The van der Waals surface area contributed by atoms with Crippen molar-refractivity contribution in [3.05, 3.63) is 29.8 Å². The van der Waals surface area contributed by atoms with E-state index < -0.39 is 0 Å². The maximum Gasteiger partial charge on any atom is 0.221 e. The molecule has 13 heavy (non-hydrogen) atoms. The molecule has 0 aliphatic rings. The minimum Gasteiger partial charge on any atom is -0.385 e. The van der Waals surface area contributed by atoms with Crippen molar-refractivity contribution >= 4 is 11.6 Å². The molecule has 0 spiro atoms. The van der Waals surface area contributed by atoms with Gasteiger partial charge in [0.15, 0.2) is 0 Å². The summed E-state index contributed by atoms with van der Waals surface area (Å²) in [6, 6.07) is 7.71. The number of hydrogen-bond donors (Lipinski definition) is 2. The Bertz CT molecular complexity index is 297. The van der Waals surface area contributed by atoms with Crippen LogP contribution in [0.2, 0.25) is 0 Å². The number of amides is 1. The van der Waals surface area contributed by atoms with Crippen LogP contribution < -0.4 is 11.1 Å². The first-order valence-electron chi connectivity index (χ1n) is 4.33. The third-order valence-corrected chi connectivity index (χ3v) is 1.69. The van der Waals surface area contributed by atoms with Crippen LogP contribution in [-0.4, -0.2) is 12.5 Å². The number of hydrogen-bond acceptors (Lipinski definition) is 2. The molecule has 0 fully saturated rings. The predicted molar refractivity (Wildman–Crippen MR) is 53.5 cm³/mol. The second-order valence-electron chi connectivity index (χ2n) is 2.87. The molecule has 3 N–H and O–H groups in total. The van der Waals surface area contributed by atoms with Crippen molar-refractivity contribution in [2.45, 2.75) is 13.3 Å². The van der Waals surface area contributed by atoms with E-state index in [0.29, 0.717) is 6.42 Å². The van der Waals surface area contributed by atoms with Crippen LogP contribution >= 0.6 is 0 Å². The highest BCUT2D eigenvalue weighted by Gasteiger charge is 1.98. The molecule has 0 aliphatic heterocycles. The first-order valence-corrected chi connectivity index (χ1v) is 4.33. The zero-order valence-corrected chi connectivity index (χ0v) is 7.71. The van der Waals surface area contributed by atoms with Gasteiger partial charge in [0, 0.05) is 12.2 Å². The van der Waals surface area contributed by atoms with Gasteiger partial charge >= 0.3 is 0 Å². The van der Waals surface area contributed by atoms with Crippen LogP contribution in [0.3, 0.4) is 0 Å². The van der Waals surface area contributed by atoms with Crippen LogP contribution in [0.1, 0.15) is 12.5 Å². The average Bonchev–Trinajstić information content (AvgIpc) is 2.04. The Hall–Kier alpha value is -1.51. The van der Waals surface area contributed by atoms with Crippen molar-refractivity contribution in [1.82, 2.24) is 0 Å². The molecule has 0 unspecified atom stereocenters. The smallest absolute Gasteiger partial charge is 0.221 e. The minimum atomic E-state index is -0.298. The second-order valence-corrected chi connectivity index (χ2v) is 2.87. The molecule has 0 radical (unpaired) electrons. The fraction of sp³-hybridized carbons (Fsp3) is 0.300. The van der Waals surface area contributed by atoms with Gasteiger partial charge in [-0.3, -0.25) is 4.79 Å². The molecule has 0 saturated heterocycles. The summed E-state index contributed by atoms with van der Waals surface area (Å²) in [6.45, 7) is 2.90. The van der Waals surface area contributed by atoms with Crippen molar-refractivity contribution in [1.29, 1.82) is 0 Å². The summed E-state index contributed by atoms with van der Waals surface area (Å²) in [5.74, 6) is -0.298. The number of anilines is 1. The van der Waals surface area contributed by atoms with Gasteiger partial charge < -0.3 is 11.1 Å². The van der Waals surface area contributed by atoms with Gasteiger partial charge in [0.05, 0.1) is 6.42 Å². The Morgan fingerprint density at radius 3 is 2.92 bits per heavy atom. The van der Waals surface area contributed by atoms with Gasteiger partial charge in [-0.05, 0) is 24.6 Å². The van der Waals surface area contributed by atoms with E-state index in [1.165, 1.54) is 0 Å². The van der Waals surface area contributed by atoms with Gasteiger partial charge in [0.25, 0.3) is 0 Å². The zero-order chi connectivity index (χ0) is 9.68. The van der Waals surface area contributed by atoms with Crippen LogP contribution in [-0.2, 0) is 11.2 Å². The molecule has 0 bridgehead atoms. The van der Waals surface area contributed by atoms with E-state index in [4.69, 9.17) is 5.73 Å². The predicted octanol–water partition coefficient (Wildman–Crippen LogP) is 1.15. The molecule has 0 aliphatic carbocycles. The molecule has 70 valence electrons. The van der Waals surface area contributed by atoms with Crippen LogP contribution in [0.25, 0.3) is 0 Å². The van der Waals surface area contributed by atoms with Gasteiger partial charge in [-0.2, -0.15) is 0 Å². The van der Waals surface area contributed by atoms with Crippen molar-refractivity contribution in [3.8, 4) is 0 Å². The van der Waals surface area contributed by atoms with Gasteiger partial charge in [-0.1, -0.05) is 12.1 Å². The van der Waals surface area contributed by atoms with Gasteiger partial charge in [-0.15, -0.1) is 0 Å². The quantitative estimate of drug-likeness (QED) is 0.726. The van der Waals surface area contributed by atoms with Crippen LogP contribution in [0.5, 0.6) is 0 Å². The Labute approximate surface area is 77.9 Å². The number of carbonyl (C=O) groups is 1. The molecular weight excluding hydrogens is 164 g/mol. The molecule has 1 aromatic rings. The zero-order valence-electron chi connectivity index (χ0n) is 7.71. The monoisotopic (exact) mass is 178 g/mol. The summed E-state index contributed by atoms with van der Waals surface area (Å²) in [7, 11) is 0. The lowest BCUT2D eigenvalue weighted by molar-refractivity contribution is -0.117. The topological polar surface area (TPSA) is 55.1 Å². The van der Waals surface area contributed by atoms with E-state index in [1.807, 2.05) is 31.2 Å². The maximum absolute atomic E-state index is 10.6. The van der Waals surface area contributed by atoms with Crippen molar-refractivity contribution in [2.75, 3.05) is 11.9 Å². The molecular formula is C10H14N2O. The lowest BCUT2D eigenvalue weighted by Gasteiger charge is -2.04. The number of rotatable bonds is 4. The number of carbonyl (C=O) groups excluding carboxylic acids is 1. The van der Waals surface area contributed by atoms with Gasteiger partial charge in [-0.25, -0.2) is 0 Å². The van der Waals surface area contributed by atoms with E-state index in [9.17, 15) is 4.79 Å². The second kappa shape index (κ2) is 4.50. The van der Waals surface area contributed by atoms with Crippen LogP contribution in [0.15, 0.2) is 24.3 Å². The number of benzene rings is 1. The van der Waals surface area contributed by atoms with Crippen LogP contribution in [0.4, 0.5) is 5.69 Å². The van der Waals surface area contributed by atoms with Gasteiger partial charge in [0.2, 0.25) is 5.91 Å². The fourth-order valence-corrected chi connectivity index (χ4v) is 1.20. The molecule has 0 heterocycles. The standard InChI is InChI=1S/C10H14N2O/c1-2-12-9-5-3-4-8(6-9)7-10(11)13/h3-6,12H,2,7H2,1H3,(H2,11,13). The van der Waals surface area contributed by atoms with Gasteiger partial charge in [0.1, 0.15) is 0 Å². The highest BCUT2D eigenvalue weighted by molar-refractivity contribution is 5.76. The molecule has 3 nitrogen and oxygen atoms in total. The lowest BCUT2D eigenvalue weighted by atomic mass is 10.1. The minimum absolute atomic E-state index is 0.298. The molecule has 0 atom stereocenters. The summed E-state index contributed by atoms with van der Waals surface area (Å²) in [5, 5.41) is 3.17. The Morgan fingerprint density at radius 1 is 1.54 bits per heavy atom. The third kappa shape index (κ3) is 3.15. The highest BCUT2D eigenvalue weighted by atomic mass is 16.1. The summed E-state index contributed by atoms with van der Waals surface area (Å²) in [5.41, 5.74) is 7.07. The number of primary amides is 1. The van der Waals surface area contributed by atoms with E-state index in [1.54, 1.807) is 0 Å². The Kier molecular flexibility index (Phi) is 3.31. The first-order chi connectivity index (χ1) is 6.22. The summed E-state index contributed by atoms with van der Waals surface area (Å²) >= 11 is 0. The average molecular weight is 178 g/mol. The molecule has 1 aromatic carbocycles. The largest absolute Gasteiger partial charge is 0.385 e. The third-order valence-electron chi connectivity index (χ3n) is 1.69. The molecule has 1 rings (SSSR count). The Morgan fingerprint density at radius 2 is 2.31 bits per heavy atom. The number of nitrogens with one attached hydrogen (secondary N) is 1. The fourth-order valence-electron chi connectivity index (χ4n) is 1.20. The summed E-state index contributed by atoms with van der Waals surface area (Å²) in [4.78, 5) is 10.6. The highest BCUT2D eigenvalue weighted by Crippen LogP contribution is 2.10. The number of nitrogens with two attached hydrogens (primary N) is 1. The van der Waals surface area contributed by atoms with E-state index in [0.717, 1.165) is 17.8 Å². The first kappa shape index (κ1) is 9.58. The van der Waals surface area contributed by atoms with Crippen molar-refractivity contribution < 1.29 is 4.79 Å². The van der Waals surface area contributed by atoms with E-state index >= 15 is 0 Å². The van der Waals surface area contributed by atoms with Crippen molar-refractivity contribution in [2.24, 2.45) is 5.73 Å². The summed E-state index contributed by atoms with van der Waals surface area (Å²) < 4.78 is 0. The normalized spacial score (nSPS) is 9.62. The van der Waals surface area contributed by atoms with E-state index in [2.05, 4.69) is 5.32 Å². The van der Waals surface area contributed by atoms with Crippen LogP contribution in [0, 0.1) is 0 Å². The summed E-state index contributed by atoms with van der Waals surface area (Å²) in [6.07, 6.45) is 0.305. The molecule has 0 saturated carbocycles.